The first-order valence-electron chi connectivity index (χ1n) is 9.63. The minimum atomic E-state index is -0.238. The lowest BCUT2D eigenvalue weighted by Crippen LogP contribution is -2.38. The number of anilines is 2. The molecule has 0 aliphatic carbocycles. The third kappa shape index (κ3) is 4.98. The SMILES string of the molecule is Cc1cc(NC(=O)NCc2ccc(CN)cc2)cnc1N1CCCCC1C. The summed E-state index contributed by atoms with van der Waals surface area (Å²) in [5.41, 5.74) is 9.50. The number of urea groups is 1. The molecule has 144 valence electrons. The van der Waals surface area contributed by atoms with E-state index in [-0.39, 0.29) is 6.03 Å². The lowest BCUT2D eigenvalue weighted by molar-refractivity contribution is 0.251. The molecule has 4 N–H and O–H groups in total. The Morgan fingerprint density at radius 1 is 1.26 bits per heavy atom. The lowest BCUT2D eigenvalue weighted by atomic mass is 10.0. The molecule has 2 aromatic rings. The van der Waals surface area contributed by atoms with Crippen LogP contribution in [0.2, 0.25) is 0 Å². The van der Waals surface area contributed by atoms with Crippen LogP contribution in [-0.4, -0.2) is 23.6 Å². The minimum absolute atomic E-state index is 0.238. The summed E-state index contributed by atoms with van der Waals surface area (Å²) >= 11 is 0. The van der Waals surface area contributed by atoms with Gasteiger partial charge in [0.05, 0.1) is 11.9 Å². The highest BCUT2D eigenvalue weighted by Gasteiger charge is 2.21. The van der Waals surface area contributed by atoms with Crippen molar-refractivity contribution in [1.29, 1.82) is 0 Å². The van der Waals surface area contributed by atoms with E-state index in [0.717, 1.165) is 29.1 Å². The van der Waals surface area contributed by atoms with Crippen LogP contribution < -0.4 is 21.3 Å². The molecule has 0 spiro atoms. The largest absolute Gasteiger partial charge is 0.354 e. The number of nitrogens with zero attached hydrogens (tertiary/aromatic N) is 2. The standard InChI is InChI=1S/C21H29N5O/c1-15-11-19(14-23-20(15)26-10-4-3-5-16(26)2)25-21(27)24-13-18-8-6-17(12-22)7-9-18/h6-9,11,14,16H,3-5,10,12-13,22H2,1-2H3,(H2,24,25,27). The van der Waals surface area contributed by atoms with Crippen molar-refractivity contribution in [1.82, 2.24) is 10.3 Å². The number of nitrogens with one attached hydrogen (secondary N) is 2. The van der Waals surface area contributed by atoms with Gasteiger partial charge in [0.2, 0.25) is 0 Å². The van der Waals surface area contributed by atoms with Gasteiger partial charge in [0, 0.05) is 25.7 Å². The number of aryl methyl sites for hydroxylation is 1. The van der Waals surface area contributed by atoms with E-state index in [1.165, 1.54) is 19.3 Å². The molecule has 0 saturated carbocycles. The van der Waals surface area contributed by atoms with Gasteiger partial charge in [0.15, 0.2) is 0 Å². The number of benzene rings is 1. The number of hydrogen-bond donors (Lipinski definition) is 3. The third-order valence-electron chi connectivity index (χ3n) is 5.10. The predicted octanol–water partition coefficient (Wildman–Crippen LogP) is 3.55. The van der Waals surface area contributed by atoms with E-state index in [1.807, 2.05) is 37.3 Å². The molecular weight excluding hydrogens is 338 g/mol. The average molecular weight is 367 g/mol. The molecule has 0 radical (unpaired) electrons. The molecule has 1 aliphatic heterocycles. The number of nitrogens with two attached hydrogens (primary N) is 1. The topological polar surface area (TPSA) is 83.3 Å². The van der Waals surface area contributed by atoms with Crippen LogP contribution in [0.1, 0.15) is 42.9 Å². The van der Waals surface area contributed by atoms with Crippen LogP contribution in [0.4, 0.5) is 16.3 Å². The maximum Gasteiger partial charge on any atom is 0.319 e. The Hall–Kier alpha value is -2.60. The highest BCUT2D eigenvalue weighted by atomic mass is 16.2. The van der Waals surface area contributed by atoms with Crippen LogP contribution in [0.3, 0.4) is 0 Å². The van der Waals surface area contributed by atoms with Crippen LogP contribution in [0, 0.1) is 6.92 Å². The van der Waals surface area contributed by atoms with E-state index in [0.29, 0.717) is 24.8 Å². The summed E-state index contributed by atoms with van der Waals surface area (Å²) in [5, 5.41) is 5.74. The zero-order valence-corrected chi connectivity index (χ0v) is 16.2. The molecule has 6 nitrogen and oxygen atoms in total. The number of piperidine rings is 1. The summed E-state index contributed by atoms with van der Waals surface area (Å²) in [7, 11) is 0. The zero-order valence-electron chi connectivity index (χ0n) is 16.2. The van der Waals surface area contributed by atoms with Crippen molar-refractivity contribution in [3.05, 3.63) is 53.2 Å². The molecule has 1 aliphatic rings. The Balaban J connectivity index is 1.56. The van der Waals surface area contributed by atoms with E-state index >= 15 is 0 Å². The second-order valence-corrected chi connectivity index (χ2v) is 7.23. The van der Waals surface area contributed by atoms with Crippen LogP contribution >= 0.6 is 0 Å². The zero-order chi connectivity index (χ0) is 19.2. The number of carbonyl (C=O) groups excluding carboxylic acids is 1. The van der Waals surface area contributed by atoms with E-state index in [9.17, 15) is 4.79 Å². The highest BCUT2D eigenvalue weighted by molar-refractivity contribution is 5.89. The smallest absolute Gasteiger partial charge is 0.319 e. The van der Waals surface area contributed by atoms with Gasteiger partial charge in [-0.3, -0.25) is 0 Å². The van der Waals surface area contributed by atoms with Gasteiger partial charge in [0.25, 0.3) is 0 Å². The first-order chi connectivity index (χ1) is 13.1. The molecule has 1 unspecified atom stereocenters. The van der Waals surface area contributed by atoms with Crippen LogP contribution in [0.25, 0.3) is 0 Å². The summed E-state index contributed by atoms with van der Waals surface area (Å²) in [6.45, 7) is 6.33. The third-order valence-corrected chi connectivity index (χ3v) is 5.10. The quantitative estimate of drug-likeness (QED) is 0.755. The monoisotopic (exact) mass is 367 g/mol. The summed E-state index contributed by atoms with van der Waals surface area (Å²) in [5.74, 6) is 1.02. The molecule has 3 rings (SSSR count). The van der Waals surface area contributed by atoms with Crippen molar-refractivity contribution in [3.63, 3.8) is 0 Å². The fourth-order valence-electron chi connectivity index (χ4n) is 3.50. The Bertz CT molecular complexity index is 775. The summed E-state index contributed by atoms with van der Waals surface area (Å²) in [4.78, 5) is 19.2. The van der Waals surface area contributed by atoms with E-state index in [1.54, 1.807) is 6.20 Å². The van der Waals surface area contributed by atoms with Crippen molar-refractivity contribution in [2.45, 2.75) is 52.2 Å². The molecule has 1 saturated heterocycles. The Kier molecular flexibility index (Phi) is 6.29. The molecule has 27 heavy (non-hydrogen) atoms. The minimum Gasteiger partial charge on any atom is -0.354 e. The van der Waals surface area contributed by atoms with Crippen molar-refractivity contribution in [2.24, 2.45) is 5.73 Å². The predicted molar refractivity (Wildman–Crippen MR) is 110 cm³/mol. The number of hydrogen-bond acceptors (Lipinski definition) is 4. The summed E-state index contributed by atoms with van der Waals surface area (Å²) < 4.78 is 0. The fourth-order valence-corrected chi connectivity index (χ4v) is 3.50. The number of carbonyl (C=O) groups is 1. The lowest BCUT2D eigenvalue weighted by Gasteiger charge is -2.35. The number of aromatic nitrogens is 1. The van der Waals surface area contributed by atoms with Gasteiger partial charge in [-0.1, -0.05) is 24.3 Å². The molecule has 1 fully saturated rings. The number of pyridine rings is 1. The normalized spacial score (nSPS) is 16.9. The molecular formula is C21H29N5O. The molecule has 2 heterocycles. The van der Waals surface area contributed by atoms with Gasteiger partial charge in [-0.2, -0.15) is 0 Å². The van der Waals surface area contributed by atoms with Gasteiger partial charge in [-0.25, -0.2) is 9.78 Å². The second kappa shape index (κ2) is 8.86. The Morgan fingerprint density at radius 2 is 2.00 bits per heavy atom. The van der Waals surface area contributed by atoms with Gasteiger partial charge in [0.1, 0.15) is 5.82 Å². The van der Waals surface area contributed by atoms with E-state index in [2.05, 4.69) is 27.4 Å². The van der Waals surface area contributed by atoms with Gasteiger partial charge in [-0.15, -0.1) is 0 Å². The van der Waals surface area contributed by atoms with Crippen molar-refractivity contribution in [2.75, 3.05) is 16.8 Å². The van der Waals surface area contributed by atoms with Crippen LogP contribution in [-0.2, 0) is 13.1 Å². The maximum absolute atomic E-state index is 12.2. The molecule has 0 bridgehead atoms. The number of rotatable bonds is 5. The van der Waals surface area contributed by atoms with Gasteiger partial charge in [-0.05, 0) is 55.9 Å². The van der Waals surface area contributed by atoms with Crippen LogP contribution in [0.5, 0.6) is 0 Å². The van der Waals surface area contributed by atoms with Crippen molar-refractivity contribution < 1.29 is 4.79 Å². The first-order valence-corrected chi connectivity index (χ1v) is 9.63. The summed E-state index contributed by atoms with van der Waals surface area (Å²) in [6.07, 6.45) is 5.43. The highest BCUT2D eigenvalue weighted by Crippen LogP contribution is 2.27. The molecule has 1 aromatic heterocycles. The van der Waals surface area contributed by atoms with Crippen molar-refractivity contribution in [3.8, 4) is 0 Å². The molecule has 2 amide bonds. The van der Waals surface area contributed by atoms with Crippen LogP contribution in [0.15, 0.2) is 36.5 Å². The summed E-state index contributed by atoms with van der Waals surface area (Å²) in [6, 6.07) is 10.2. The van der Waals surface area contributed by atoms with Gasteiger partial charge >= 0.3 is 6.03 Å². The second-order valence-electron chi connectivity index (χ2n) is 7.23. The van der Waals surface area contributed by atoms with Gasteiger partial charge < -0.3 is 21.3 Å². The average Bonchev–Trinajstić information content (AvgIpc) is 2.68. The Morgan fingerprint density at radius 3 is 2.67 bits per heavy atom. The molecule has 6 heteroatoms. The first kappa shape index (κ1) is 19.2. The van der Waals surface area contributed by atoms with E-state index in [4.69, 9.17) is 5.73 Å². The van der Waals surface area contributed by atoms with E-state index < -0.39 is 0 Å². The molecule has 1 atom stereocenters. The fraction of sp³-hybridized carbons (Fsp3) is 0.429. The Labute approximate surface area is 161 Å². The maximum atomic E-state index is 12.2. The molecule has 1 aromatic carbocycles. The number of amides is 2. The van der Waals surface area contributed by atoms with Crippen molar-refractivity contribution >= 4 is 17.5 Å².